The lowest BCUT2D eigenvalue weighted by atomic mass is 9.86. The fourth-order valence-corrected chi connectivity index (χ4v) is 2.15. The molecule has 0 aromatic heterocycles. The molecule has 0 amide bonds. The van der Waals surface area contributed by atoms with Gasteiger partial charge in [0.25, 0.3) is 0 Å². The van der Waals surface area contributed by atoms with Gasteiger partial charge >= 0.3 is 0 Å². The number of nitrogens with one attached hydrogen (secondary N) is 1. The van der Waals surface area contributed by atoms with E-state index in [4.69, 9.17) is 0 Å². The minimum atomic E-state index is 0.676. The Morgan fingerprint density at radius 2 is 1.85 bits per heavy atom. The molecule has 0 aliphatic heterocycles. The average molecular weight is 183 g/mol. The van der Waals surface area contributed by atoms with Gasteiger partial charge in [0.1, 0.15) is 0 Å². The van der Waals surface area contributed by atoms with Crippen molar-refractivity contribution >= 4 is 0 Å². The van der Waals surface area contributed by atoms with Gasteiger partial charge < -0.3 is 5.32 Å². The highest BCUT2D eigenvalue weighted by Crippen LogP contribution is 2.24. The summed E-state index contributed by atoms with van der Waals surface area (Å²) in [5.41, 5.74) is 0. The molecule has 0 spiro atoms. The highest BCUT2D eigenvalue weighted by molar-refractivity contribution is 4.79. The van der Waals surface area contributed by atoms with Crippen molar-refractivity contribution in [3.8, 4) is 0 Å². The summed E-state index contributed by atoms with van der Waals surface area (Å²) in [5, 5.41) is 3.75. The zero-order valence-corrected chi connectivity index (χ0v) is 9.64. The van der Waals surface area contributed by atoms with Crippen LogP contribution in [-0.4, -0.2) is 12.1 Å². The first-order chi connectivity index (χ1) is 6.09. The molecule has 1 aliphatic carbocycles. The third-order valence-corrected chi connectivity index (χ3v) is 3.43. The molecule has 0 unspecified atom stereocenters. The first kappa shape index (κ1) is 11.0. The van der Waals surface area contributed by atoms with Gasteiger partial charge in [-0.3, -0.25) is 0 Å². The Morgan fingerprint density at radius 3 is 2.38 bits per heavy atom. The third kappa shape index (κ3) is 3.68. The molecule has 0 heterocycles. The van der Waals surface area contributed by atoms with E-state index >= 15 is 0 Å². The Labute approximate surface area is 83.3 Å². The quantitative estimate of drug-likeness (QED) is 0.708. The Bertz CT molecular complexity index is 142. The summed E-state index contributed by atoms with van der Waals surface area (Å²) in [4.78, 5) is 0. The molecule has 0 bridgehead atoms. The molecule has 1 saturated carbocycles. The molecule has 0 aromatic rings. The van der Waals surface area contributed by atoms with Crippen molar-refractivity contribution < 1.29 is 0 Å². The van der Waals surface area contributed by atoms with Gasteiger partial charge in [-0.2, -0.15) is 0 Å². The molecule has 13 heavy (non-hydrogen) atoms. The molecule has 0 radical (unpaired) electrons. The smallest absolute Gasteiger partial charge is 0.00721 e. The zero-order chi connectivity index (χ0) is 9.84. The molecule has 78 valence electrons. The summed E-state index contributed by atoms with van der Waals surface area (Å²) in [6.07, 6.45) is 5.64. The van der Waals surface area contributed by atoms with Crippen LogP contribution in [0.3, 0.4) is 0 Å². The van der Waals surface area contributed by atoms with Crippen molar-refractivity contribution in [3.63, 3.8) is 0 Å². The van der Waals surface area contributed by atoms with Crippen LogP contribution < -0.4 is 5.32 Å². The van der Waals surface area contributed by atoms with E-state index in [2.05, 4.69) is 33.0 Å². The summed E-state index contributed by atoms with van der Waals surface area (Å²) in [5.74, 6) is 1.70. The van der Waals surface area contributed by atoms with E-state index in [1.54, 1.807) is 0 Å². The number of rotatable bonds is 3. The van der Waals surface area contributed by atoms with E-state index < -0.39 is 0 Å². The van der Waals surface area contributed by atoms with E-state index in [0.717, 1.165) is 17.9 Å². The van der Waals surface area contributed by atoms with Crippen molar-refractivity contribution in [1.82, 2.24) is 5.32 Å². The molecule has 0 saturated heterocycles. The maximum absolute atomic E-state index is 3.75. The van der Waals surface area contributed by atoms with Gasteiger partial charge in [0, 0.05) is 12.1 Å². The molecule has 1 heteroatoms. The van der Waals surface area contributed by atoms with E-state index in [1.807, 2.05) is 0 Å². The third-order valence-electron chi connectivity index (χ3n) is 3.43. The summed E-state index contributed by atoms with van der Waals surface area (Å²) < 4.78 is 0. The van der Waals surface area contributed by atoms with Crippen molar-refractivity contribution in [2.24, 2.45) is 11.8 Å². The van der Waals surface area contributed by atoms with Crippen molar-refractivity contribution in [1.29, 1.82) is 0 Å². The van der Waals surface area contributed by atoms with Gasteiger partial charge in [0.2, 0.25) is 0 Å². The number of hydrogen-bond donors (Lipinski definition) is 1. The maximum atomic E-state index is 3.75. The van der Waals surface area contributed by atoms with E-state index in [-0.39, 0.29) is 0 Å². The largest absolute Gasteiger partial charge is 0.311 e. The van der Waals surface area contributed by atoms with Crippen molar-refractivity contribution in [2.45, 2.75) is 65.5 Å². The maximum Gasteiger partial charge on any atom is 0.00721 e. The lowest BCUT2D eigenvalue weighted by molar-refractivity contribution is 0.265. The normalized spacial score (nSPS) is 32.1. The lowest BCUT2D eigenvalue weighted by Gasteiger charge is -2.31. The first-order valence-electron chi connectivity index (χ1n) is 5.85. The molecule has 3 atom stereocenters. The standard InChI is InChI=1S/C12H25N/c1-9(2)11(4)13-12-7-5-6-10(3)8-12/h9-13H,5-8H2,1-4H3/t10-,11+,12+/m1/s1. The Morgan fingerprint density at radius 1 is 1.15 bits per heavy atom. The molecular weight excluding hydrogens is 158 g/mol. The highest BCUT2D eigenvalue weighted by Gasteiger charge is 2.20. The second kappa shape index (κ2) is 4.99. The van der Waals surface area contributed by atoms with Crippen LogP contribution in [0.1, 0.15) is 53.4 Å². The van der Waals surface area contributed by atoms with E-state index in [1.165, 1.54) is 25.7 Å². The topological polar surface area (TPSA) is 12.0 Å². The lowest BCUT2D eigenvalue weighted by Crippen LogP contribution is -2.41. The summed E-state index contributed by atoms with van der Waals surface area (Å²) in [7, 11) is 0. The fraction of sp³-hybridized carbons (Fsp3) is 1.00. The Hall–Kier alpha value is -0.0400. The van der Waals surface area contributed by atoms with Crippen LogP contribution in [0, 0.1) is 11.8 Å². The number of hydrogen-bond acceptors (Lipinski definition) is 1. The van der Waals surface area contributed by atoms with E-state index in [0.29, 0.717) is 6.04 Å². The SMILES string of the molecule is CC(C)[C@H](C)N[C@H]1CCC[C@@H](C)C1. The summed E-state index contributed by atoms with van der Waals surface area (Å²) in [6.45, 7) is 9.28. The van der Waals surface area contributed by atoms with Crippen molar-refractivity contribution in [3.05, 3.63) is 0 Å². The minimum absolute atomic E-state index is 0.676. The molecule has 1 rings (SSSR count). The van der Waals surface area contributed by atoms with Crippen LogP contribution in [0.15, 0.2) is 0 Å². The van der Waals surface area contributed by atoms with Crippen LogP contribution in [0.4, 0.5) is 0 Å². The van der Waals surface area contributed by atoms with Gasteiger partial charge in [-0.25, -0.2) is 0 Å². The van der Waals surface area contributed by atoms with Crippen molar-refractivity contribution in [2.75, 3.05) is 0 Å². The second-order valence-corrected chi connectivity index (χ2v) is 5.17. The van der Waals surface area contributed by atoms with Crippen LogP contribution in [0.2, 0.25) is 0 Å². The van der Waals surface area contributed by atoms with Crippen LogP contribution in [0.25, 0.3) is 0 Å². The fourth-order valence-electron chi connectivity index (χ4n) is 2.15. The van der Waals surface area contributed by atoms with Gasteiger partial charge in [-0.1, -0.05) is 33.6 Å². The average Bonchev–Trinajstić information content (AvgIpc) is 2.04. The molecule has 1 N–H and O–H groups in total. The molecule has 0 aromatic carbocycles. The zero-order valence-electron chi connectivity index (χ0n) is 9.64. The summed E-state index contributed by atoms with van der Waals surface area (Å²) >= 11 is 0. The molecule has 1 nitrogen and oxygen atoms in total. The van der Waals surface area contributed by atoms with Crippen LogP contribution in [0.5, 0.6) is 0 Å². The molecule has 1 fully saturated rings. The first-order valence-corrected chi connectivity index (χ1v) is 5.85. The highest BCUT2D eigenvalue weighted by atomic mass is 14.9. The summed E-state index contributed by atoms with van der Waals surface area (Å²) in [6, 6.07) is 1.47. The van der Waals surface area contributed by atoms with Gasteiger partial charge in [-0.05, 0) is 31.6 Å². The van der Waals surface area contributed by atoms with Gasteiger partial charge in [0.15, 0.2) is 0 Å². The molecule has 1 aliphatic rings. The predicted molar refractivity (Wildman–Crippen MR) is 58.9 cm³/mol. The van der Waals surface area contributed by atoms with Gasteiger partial charge in [-0.15, -0.1) is 0 Å². The van der Waals surface area contributed by atoms with E-state index in [9.17, 15) is 0 Å². The Kier molecular flexibility index (Phi) is 4.24. The monoisotopic (exact) mass is 183 g/mol. The minimum Gasteiger partial charge on any atom is -0.311 e. The predicted octanol–water partition coefficient (Wildman–Crippen LogP) is 3.20. The Balaban J connectivity index is 2.27. The van der Waals surface area contributed by atoms with Crippen LogP contribution in [-0.2, 0) is 0 Å². The second-order valence-electron chi connectivity index (χ2n) is 5.17. The van der Waals surface area contributed by atoms with Crippen LogP contribution >= 0.6 is 0 Å². The van der Waals surface area contributed by atoms with Gasteiger partial charge in [0.05, 0.1) is 0 Å². The molecular formula is C12H25N.